The number of nitrogens with zero attached hydrogens (tertiary/aromatic N) is 2. The first-order valence-electron chi connectivity index (χ1n) is 6.70. The van der Waals surface area contributed by atoms with Gasteiger partial charge in [0.1, 0.15) is 0 Å². The maximum absolute atomic E-state index is 12.3. The van der Waals surface area contributed by atoms with Crippen molar-refractivity contribution in [3.63, 3.8) is 0 Å². The van der Waals surface area contributed by atoms with Gasteiger partial charge in [0.25, 0.3) is 0 Å². The lowest BCUT2D eigenvalue weighted by Gasteiger charge is -2.30. The molecule has 2 heterocycles. The molecule has 1 unspecified atom stereocenters. The number of carbonyl (C=O) groups is 1. The molecule has 1 aliphatic heterocycles. The van der Waals surface area contributed by atoms with E-state index in [1.54, 1.807) is 0 Å². The highest BCUT2D eigenvalue weighted by molar-refractivity contribution is 9.09. The van der Waals surface area contributed by atoms with Crippen molar-refractivity contribution in [2.75, 3.05) is 11.9 Å². The summed E-state index contributed by atoms with van der Waals surface area (Å²) in [5.41, 5.74) is 1.26. The quantitative estimate of drug-likeness (QED) is 0.786. The fourth-order valence-electron chi connectivity index (χ4n) is 2.76. The Balaban J connectivity index is 2.22. The van der Waals surface area contributed by atoms with Gasteiger partial charge in [0.05, 0.1) is 6.04 Å². The number of halogens is 1. The highest BCUT2D eigenvalue weighted by atomic mass is 79.9. The molecule has 1 amide bonds. The minimum atomic E-state index is 0.263. The molecule has 3 nitrogen and oxygen atoms in total. The van der Waals surface area contributed by atoms with Crippen LogP contribution in [0.1, 0.15) is 43.8 Å². The van der Waals surface area contributed by atoms with Gasteiger partial charge >= 0.3 is 0 Å². The van der Waals surface area contributed by atoms with E-state index in [9.17, 15) is 4.79 Å². The fraction of sp³-hybridized carbons (Fsp3) is 0.643. The molecule has 1 fully saturated rings. The molecule has 0 spiro atoms. The molecular formula is C14H21BrN2O. The van der Waals surface area contributed by atoms with Crippen molar-refractivity contribution < 1.29 is 4.79 Å². The molecule has 1 atom stereocenters. The Morgan fingerprint density at radius 1 is 1.44 bits per heavy atom. The molecule has 4 heteroatoms. The van der Waals surface area contributed by atoms with E-state index in [1.807, 2.05) is 0 Å². The summed E-state index contributed by atoms with van der Waals surface area (Å²) in [4.78, 5) is 14.3. The van der Waals surface area contributed by atoms with Crippen LogP contribution in [0.3, 0.4) is 0 Å². The van der Waals surface area contributed by atoms with E-state index in [1.165, 1.54) is 18.5 Å². The third-order valence-corrected chi connectivity index (χ3v) is 4.10. The van der Waals surface area contributed by atoms with Gasteiger partial charge in [-0.25, -0.2) is 0 Å². The van der Waals surface area contributed by atoms with Gasteiger partial charge in [0.15, 0.2) is 0 Å². The zero-order valence-corrected chi connectivity index (χ0v) is 12.5. The maximum atomic E-state index is 12.3. The number of alkyl halides is 1. The summed E-state index contributed by atoms with van der Waals surface area (Å²) in [6, 6.07) is 4.47. The average molecular weight is 313 g/mol. The van der Waals surface area contributed by atoms with Crippen LogP contribution in [0.4, 0.5) is 0 Å². The highest BCUT2D eigenvalue weighted by Gasteiger charge is 2.27. The second-order valence-electron chi connectivity index (χ2n) is 4.94. The minimum absolute atomic E-state index is 0.263. The van der Waals surface area contributed by atoms with Gasteiger partial charge < -0.3 is 9.47 Å². The zero-order valence-electron chi connectivity index (χ0n) is 10.9. The Morgan fingerprint density at radius 2 is 2.28 bits per heavy atom. The minimum Gasteiger partial charge on any atom is -0.353 e. The molecule has 0 saturated carbocycles. The van der Waals surface area contributed by atoms with Crippen LogP contribution >= 0.6 is 15.9 Å². The predicted molar refractivity (Wildman–Crippen MR) is 76.7 cm³/mol. The van der Waals surface area contributed by atoms with Crippen LogP contribution < -0.4 is 0 Å². The van der Waals surface area contributed by atoms with E-state index < -0.39 is 0 Å². The number of aromatic nitrogens is 1. The number of hydrogen-bond donors (Lipinski definition) is 0. The van der Waals surface area contributed by atoms with Crippen LogP contribution in [-0.2, 0) is 11.8 Å². The predicted octanol–water partition coefficient (Wildman–Crippen LogP) is 3.25. The van der Waals surface area contributed by atoms with Crippen molar-refractivity contribution in [2.24, 2.45) is 7.05 Å². The van der Waals surface area contributed by atoms with Crippen LogP contribution in [-0.4, -0.2) is 27.2 Å². The van der Waals surface area contributed by atoms with E-state index >= 15 is 0 Å². The molecule has 1 aromatic heterocycles. The molecule has 18 heavy (non-hydrogen) atoms. The first kappa shape index (κ1) is 13.7. The third-order valence-electron chi connectivity index (χ3n) is 3.71. The second kappa shape index (κ2) is 6.41. The summed E-state index contributed by atoms with van der Waals surface area (Å²) >= 11 is 3.37. The van der Waals surface area contributed by atoms with Crippen molar-refractivity contribution in [3.8, 4) is 0 Å². The second-order valence-corrected chi connectivity index (χ2v) is 5.73. The van der Waals surface area contributed by atoms with Crippen molar-refractivity contribution in [1.29, 1.82) is 0 Å². The third kappa shape index (κ3) is 2.97. The normalized spacial score (nSPS) is 20.8. The van der Waals surface area contributed by atoms with Gasteiger partial charge in [-0.2, -0.15) is 0 Å². The van der Waals surface area contributed by atoms with E-state index in [0.717, 1.165) is 24.7 Å². The summed E-state index contributed by atoms with van der Waals surface area (Å²) < 4.78 is 2.14. The summed E-state index contributed by atoms with van der Waals surface area (Å²) in [7, 11) is 2.06. The molecular weight excluding hydrogens is 292 g/mol. The van der Waals surface area contributed by atoms with Crippen LogP contribution in [0.2, 0.25) is 0 Å². The van der Waals surface area contributed by atoms with Crippen LogP contribution in [0.15, 0.2) is 18.3 Å². The van der Waals surface area contributed by atoms with E-state index in [0.29, 0.717) is 6.42 Å². The topological polar surface area (TPSA) is 25.2 Å². The molecule has 0 bridgehead atoms. The summed E-state index contributed by atoms with van der Waals surface area (Å²) in [6.07, 6.45) is 7.34. The molecule has 0 N–H and O–H groups in total. The number of carbonyl (C=O) groups excluding carboxylic acids is 1. The van der Waals surface area contributed by atoms with Crippen molar-refractivity contribution in [2.45, 2.75) is 38.1 Å². The van der Waals surface area contributed by atoms with Gasteiger partial charge in [-0.15, -0.1) is 0 Å². The number of amides is 1. The van der Waals surface area contributed by atoms with Gasteiger partial charge in [-0.1, -0.05) is 28.8 Å². The summed E-state index contributed by atoms with van der Waals surface area (Å²) in [5, 5.41) is 0.752. The number of rotatable bonds is 3. The lowest BCUT2D eigenvalue weighted by molar-refractivity contribution is -0.133. The van der Waals surface area contributed by atoms with Crippen LogP contribution in [0.25, 0.3) is 0 Å². The first-order chi connectivity index (χ1) is 8.74. The van der Waals surface area contributed by atoms with Crippen molar-refractivity contribution in [1.82, 2.24) is 9.47 Å². The van der Waals surface area contributed by atoms with E-state index in [4.69, 9.17) is 0 Å². The van der Waals surface area contributed by atoms with E-state index in [-0.39, 0.29) is 11.9 Å². The molecule has 0 aromatic carbocycles. The van der Waals surface area contributed by atoms with Crippen molar-refractivity contribution >= 4 is 21.8 Å². The maximum Gasteiger partial charge on any atom is 0.223 e. The molecule has 1 aromatic rings. The Bertz CT molecular complexity index is 402. The molecule has 100 valence electrons. The Labute approximate surface area is 117 Å². The lowest BCUT2D eigenvalue weighted by Crippen LogP contribution is -2.35. The van der Waals surface area contributed by atoms with Gasteiger partial charge in [0.2, 0.25) is 5.91 Å². The van der Waals surface area contributed by atoms with Crippen molar-refractivity contribution in [3.05, 3.63) is 24.0 Å². The highest BCUT2D eigenvalue weighted by Crippen LogP contribution is 2.30. The molecule has 0 radical (unpaired) electrons. The smallest absolute Gasteiger partial charge is 0.223 e. The number of likely N-dealkylation sites (tertiary alicyclic amines) is 1. The lowest BCUT2D eigenvalue weighted by atomic mass is 10.1. The molecule has 1 aliphatic rings. The molecule has 1 saturated heterocycles. The van der Waals surface area contributed by atoms with Crippen LogP contribution in [0.5, 0.6) is 0 Å². The first-order valence-corrected chi connectivity index (χ1v) is 7.83. The number of hydrogen-bond acceptors (Lipinski definition) is 1. The summed E-state index contributed by atoms with van der Waals surface area (Å²) in [5.74, 6) is 0.278. The number of aryl methyl sites for hydroxylation is 1. The fourth-order valence-corrected chi connectivity index (χ4v) is 3.10. The van der Waals surface area contributed by atoms with E-state index in [2.05, 4.69) is 50.8 Å². The molecule has 0 aliphatic carbocycles. The standard InChI is InChI=1S/C14H21BrN2O/c1-16-10-5-7-12(16)13-6-3-2-4-11-17(13)14(18)8-9-15/h5,7,10,13H,2-4,6,8-9,11H2,1H3. The Morgan fingerprint density at radius 3 is 2.94 bits per heavy atom. The summed E-state index contributed by atoms with van der Waals surface area (Å²) in [6.45, 7) is 0.904. The Kier molecular flexibility index (Phi) is 4.87. The average Bonchev–Trinajstić information content (AvgIpc) is 2.64. The molecule has 2 rings (SSSR count). The largest absolute Gasteiger partial charge is 0.353 e. The van der Waals surface area contributed by atoms with Crippen LogP contribution in [0, 0.1) is 0 Å². The Hall–Kier alpha value is -0.770. The zero-order chi connectivity index (χ0) is 13.0. The SMILES string of the molecule is Cn1cccc1C1CCCCCN1C(=O)CCBr. The van der Waals surface area contributed by atoms with Gasteiger partial charge in [-0.05, 0) is 25.0 Å². The van der Waals surface area contributed by atoms with Gasteiger partial charge in [-0.3, -0.25) is 4.79 Å². The monoisotopic (exact) mass is 312 g/mol. The van der Waals surface area contributed by atoms with Gasteiger partial charge in [0, 0.05) is 37.2 Å².